The van der Waals surface area contributed by atoms with Gasteiger partial charge in [0.15, 0.2) is 0 Å². The molecule has 4 rings (SSSR count). The number of ether oxygens (including phenoxy) is 2. The van der Waals surface area contributed by atoms with Crippen molar-refractivity contribution in [2.24, 2.45) is 5.92 Å². The highest BCUT2D eigenvalue weighted by atomic mass is 16.6. The normalized spacial score (nSPS) is 13.4. The summed E-state index contributed by atoms with van der Waals surface area (Å²) in [4.78, 5) is 47.6. The second kappa shape index (κ2) is 18.9. The molecule has 2 aromatic carbocycles. The van der Waals surface area contributed by atoms with Crippen molar-refractivity contribution in [3.05, 3.63) is 131 Å². The van der Waals surface area contributed by atoms with Crippen molar-refractivity contribution < 1.29 is 29.0 Å². The van der Waals surface area contributed by atoms with E-state index in [2.05, 4.69) is 25.9 Å². The van der Waals surface area contributed by atoms with Crippen LogP contribution in [0.4, 0.5) is 9.59 Å². The lowest BCUT2D eigenvalue weighted by Crippen LogP contribution is -2.56. The molecule has 0 radical (unpaired) electrons. The number of aliphatic hydroxyl groups is 1. The van der Waals surface area contributed by atoms with E-state index in [4.69, 9.17) is 9.47 Å². The van der Waals surface area contributed by atoms with Crippen LogP contribution in [0.1, 0.15) is 48.2 Å². The third kappa shape index (κ3) is 12.7. The van der Waals surface area contributed by atoms with Gasteiger partial charge in [-0.3, -0.25) is 14.8 Å². The van der Waals surface area contributed by atoms with E-state index in [0.717, 1.165) is 27.9 Å². The smallest absolute Gasteiger partial charge is 0.408 e. The van der Waals surface area contributed by atoms with Crippen molar-refractivity contribution in [1.29, 1.82) is 0 Å². The molecular weight excluding hydrogens is 622 g/mol. The quantitative estimate of drug-likeness (QED) is 0.130. The lowest BCUT2D eigenvalue weighted by atomic mass is 9.93. The number of aromatic nitrogens is 2. The van der Waals surface area contributed by atoms with Crippen molar-refractivity contribution in [2.45, 2.75) is 77.5 Å². The number of alkyl carbamates (subject to hydrolysis) is 2. The number of carbonyl (C=O) groups is 3. The first kappa shape index (κ1) is 36.5. The molecular formula is C38H45N5O6. The summed E-state index contributed by atoms with van der Waals surface area (Å²) in [5, 5.41) is 20.3. The van der Waals surface area contributed by atoms with Gasteiger partial charge in [0.1, 0.15) is 19.3 Å². The fourth-order valence-electron chi connectivity index (χ4n) is 5.25. The maximum atomic E-state index is 13.7. The Morgan fingerprint density at radius 2 is 1.31 bits per heavy atom. The number of aliphatic hydroxyl groups excluding tert-OH is 1. The van der Waals surface area contributed by atoms with Crippen molar-refractivity contribution in [2.75, 3.05) is 0 Å². The molecule has 0 spiro atoms. The third-order valence-electron chi connectivity index (χ3n) is 7.92. The second-order valence-electron chi connectivity index (χ2n) is 12.3. The Balaban J connectivity index is 1.45. The second-order valence-corrected chi connectivity index (χ2v) is 12.3. The van der Waals surface area contributed by atoms with Crippen LogP contribution in [0.25, 0.3) is 0 Å². The minimum Gasteiger partial charge on any atom is -0.445 e. The van der Waals surface area contributed by atoms with Crippen LogP contribution in [0.5, 0.6) is 0 Å². The lowest BCUT2D eigenvalue weighted by Gasteiger charge is -2.30. The van der Waals surface area contributed by atoms with E-state index in [-0.39, 0.29) is 25.6 Å². The van der Waals surface area contributed by atoms with Gasteiger partial charge in [-0.2, -0.15) is 0 Å². The number of hydrogen-bond donors (Lipinski definition) is 4. The van der Waals surface area contributed by atoms with E-state index < -0.39 is 42.3 Å². The predicted molar refractivity (Wildman–Crippen MR) is 185 cm³/mol. The molecule has 0 saturated carbocycles. The van der Waals surface area contributed by atoms with Gasteiger partial charge in [-0.05, 0) is 55.4 Å². The summed E-state index contributed by atoms with van der Waals surface area (Å²) in [5.74, 6) is -0.752. The molecule has 258 valence electrons. The molecule has 4 atom stereocenters. The maximum Gasteiger partial charge on any atom is 0.408 e. The molecule has 49 heavy (non-hydrogen) atoms. The first-order chi connectivity index (χ1) is 23.7. The highest BCUT2D eigenvalue weighted by molar-refractivity contribution is 5.86. The van der Waals surface area contributed by atoms with E-state index in [9.17, 15) is 19.5 Å². The Morgan fingerprint density at radius 3 is 1.88 bits per heavy atom. The minimum absolute atomic E-state index is 0.00136. The number of nitrogens with zero attached hydrogens (tertiary/aromatic N) is 2. The summed E-state index contributed by atoms with van der Waals surface area (Å²) in [6.07, 6.45) is 3.28. The van der Waals surface area contributed by atoms with Crippen LogP contribution < -0.4 is 16.0 Å². The van der Waals surface area contributed by atoms with Gasteiger partial charge in [0.25, 0.3) is 0 Å². The molecule has 11 nitrogen and oxygen atoms in total. The molecule has 2 heterocycles. The zero-order chi connectivity index (χ0) is 35.0. The van der Waals surface area contributed by atoms with E-state index in [0.29, 0.717) is 12.8 Å². The number of amides is 3. The third-order valence-corrected chi connectivity index (χ3v) is 7.92. The monoisotopic (exact) mass is 667 g/mol. The number of benzene rings is 2. The molecule has 11 heteroatoms. The van der Waals surface area contributed by atoms with Gasteiger partial charge >= 0.3 is 12.2 Å². The molecule has 0 saturated heterocycles. The Hall–Kier alpha value is -5.29. The fraction of sp³-hybridized carbons (Fsp3) is 0.342. The van der Waals surface area contributed by atoms with Crippen LogP contribution in [0, 0.1) is 12.8 Å². The molecule has 0 bridgehead atoms. The van der Waals surface area contributed by atoms with Gasteiger partial charge in [-0.1, -0.05) is 86.6 Å². The number of carbonyl (C=O) groups excluding carboxylic acids is 3. The van der Waals surface area contributed by atoms with Crippen LogP contribution in [0.3, 0.4) is 0 Å². The molecule has 4 N–H and O–H groups in total. The molecule has 4 aromatic rings. The highest BCUT2D eigenvalue weighted by Crippen LogP contribution is 2.16. The van der Waals surface area contributed by atoms with Crippen LogP contribution in [-0.2, 0) is 40.3 Å². The van der Waals surface area contributed by atoms with Crippen LogP contribution >= 0.6 is 0 Å². The lowest BCUT2D eigenvalue weighted by molar-refractivity contribution is -0.125. The van der Waals surface area contributed by atoms with Crippen LogP contribution in [-0.4, -0.2) is 57.4 Å². The average molecular weight is 668 g/mol. The topological polar surface area (TPSA) is 152 Å². The zero-order valence-corrected chi connectivity index (χ0v) is 28.1. The van der Waals surface area contributed by atoms with Gasteiger partial charge in [-0.25, -0.2) is 9.59 Å². The van der Waals surface area contributed by atoms with E-state index >= 15 is 0 Å². The maximum absolute atomic E-state index is 13.7. The SMILES string of the molecule is Cc1ccc(COC(=O)NC(C(=O)N[C@@H](Cc2ccccc2)[C@@H](O)C[C@H](Cc2ccccc2)NC(=O)OCc2cccnc2)C(C)C)cn1. The van der Waals surface area contributed by atoms with Gasteiger partial charge in [0, 0.05) is 41.5 Å². The van der Waals surface area contributed by atoms with Crippen molar-refractivity contribution in [3.63, 3.8) is 0 Å². The van der Waals surface area contributed by atoms with Crippen LogP contribution in [0.15, 0.2) is 104 Å². The Bertz CT molecular complexity index is 1590. The largest absolute Gasteiger partial charge is 0.445 e. The number of pyridine rings is 2. The summed E-state index contributed by atoms with van der Waals surface area (Å²) in [5.41, 5.74) is 4.17. The first-order valence-electron chi connectivity index (χ1n) is 16.4. The average Bonchev–Trinajstić information content (AvgIpc) is 3.10. The predicted octanol–water partition coefficient (Wildman–Crippen LogP) is 5.05. The molecule has 0 aliphatic carbocycles. The molecule has 3 amide bonds. The summed E-state index contributed by atoms with van der Waals surface area (Å²) < 4.78 is 10.8. The van der Waals surface area contributed by atoms with E-state index in [1.165, 1.54) is 0 Å². The number of nitrogens with one attached hydrogen (secondary N) is 3. The number of rotatable bonds is 16. The molecule has 0 aliphatic rings. The first-order valence-corrected chi connectivity index (χ1v) is 16.4. The van der Waals surface area contributed by atoms with Gasteiger partial charge in [0.2, 0.25) is 5.91 Å². The van der Waals surface area contributed by atoms with Gasteiger partial charge in [-0.15, -0.1) is 0 Å². The molecule has 0 fully saturated rings. The Kier molecular flexibility index (Phi) is 14.1. The number of aryl methyl sites for hydroxylation is 1. The Labute approximate surface area is 287 Å². The van der Waals surface area contributed by atoms with Crippen molar-refractivity contribution >= 4 is 18.1 Å². The van der Waals surface area contributed by atoms with Crippen LogP contribution in [0.2, 0.25) is 0 Å². The van der Waals surface area contributed by atoms with Gasteiger partial charge in [0.05, 0.1) is 12.1 Å². The standard InChI is InChI=1S/C38H45N5O6/c1-26(2)35(43-38(47)49-25-31-17-16-27(3)40-23-31)36(45)42-33(20-29-13-8-5-9-14-29)34(44)21-32(19-28-11-6-4-7-12-28)41-37(46)48-24-30-15-10-18-39-22-30/h4-18,22-23,26,32-35,44H,19-21,24-25H2,1-3H3,(H,41,46)(H,42,45)(H,43,47)/t32-,33-,34-,35?/m0/s1. The molecule has 2 aromatic heterocycles. The fourth-order valence-corrected chi connectivity index (χ4v) is 5.25. The minimum atomic E-state index is -1.08. The van der Waals surface area contributed by atoms with Crippen molar-refractivity contribution in [1.82, 2.24) is 25.9 Å². The Morgan fingerprint density at radius 1 is 0.714 bits per heavy atom. The molecule has 1 unspecified atom stereocenters. The number of hydrogen-bond acceptors (Lipinski definition) is 8. The highest BCUT2D eigenvalue weighted by Gasteiger charge is 2.31. The van der Waals surface area contributed by atoms with E-state index in [1.54, 1.807) is 24.7 Å². The summed E-state index contributed by atoms with van der Waals surface area (Å²) in [6, 6.07) is 24.1. The van der Waals surface area contributed by atoms with Gasteiger partial charge < -0.3 is 30.5 Å². The summed E-state index contributed by atoms with van der Waals surface area (Å²) in [7, 11) is 0. The zero-order valence-electron chi connectivity index (χ0n) is 28.1. The van der Waals surface area contributed by atoms with Crippen molar-refractivity contribution in [3.8, 4) is 0 Å². The molecule has 0 aliphatic heterocycles. The van der Waals surface area contributed by atoms with E-state index in [1.807, 2.05) is 99.6 Å². The summed E-state index contributed by atoms with van der Waals surface area (Å²) in [6.45, 7) is 5.54. The summed E-state index contributed by atoms with van der Waals surface area (Å²) >= 11 is 0.